The lowest BCUT2D eigenvalue weighted by Gasteiger charge is -2.09. The first-order chi connectivity index (χ1) is 5.52. The van der Waals surface area contributed by atoms with Crippen LogP contribution in [0.4, 0.5) is 0 Å². The van der Waals surface area contributed by atoms with E-state index in [4.69, 9.17) is 5.11 Å². The van der Waals surface area contributed by atoms with Gasteiger partial charge in [-0.15, -0.1) is 0 Å². The minimum absolute atomic E-state index is 0.265. The van der Waals surface area contributed by atoms with Crippen molar-refractivity contribution in [2.75, 3.05) is 13.2 Å². The fraction of sp³-hybridized carbons (Fsp3) is 1.00. The van der Waals surface area contributed by atoms with E-state index in [1.54, 1.807) is 13.8 Å². The molecule has 0 saturated heterocycles. The first-order valence-electron chi connectivity index (χ1n) is 3.70. The van der Waals surface area contributed by atoms with Gasteiger partial charge in [0.1, 0.15) is 0 Å². The molecule has 5 nitrogen and oxygen atoms in total. The Morgan fingerprint density at radius 1 is 1.50 bits per heavy atom. The number of aliphatic hydroxyl groups is 1. The van der Waals surface area contributed by atoms with Crippen LogP contribution in [-0.4, -0.2) is 32.8 Å². The van der Waals surface area contributed by atoms with Gasteiger partial charge >= 0.3 is 10.4 Å². The molecule has 0 spiro atoms. The van der Waals surface area contributed by atoms with Crippen molar-refractivity contribution in [2.24, 2.45) is 0 Å². The Morgan fingerprint density at radius 3 is 2.50 bits per heavy atom. The van der Waals surface area contributed by atoms with Crippen molar-refractivity contribution in [1.29, 1.82) is 0 Å². The Morgan fingerprint density at radius 2 is 2.08 bits per heavy atom. The first-order valence-corrected chi connectivity index (χ1v) is 5.03. The van der Waals surface area contributed by atoms with Gasteiger partial charge in [0.05, 0.1) is 19.3 Å². The van der Waals surface area contributed by atoms with Crippen LogP contribution in [0.2, 0.25) is 0 Å². The molecule has 0 rings (SSSR count). The van der Waals surface area contributed by atoms with Crippen molar-refractivity contribution in [2.45, 2.75) is 26.4 Å². The molecule has 0 amide bonds. The van der Waals surface area contributed by atoms with Crippen molar-refractivity contribution in [3.8, 4) is 0 Å². The average Bonchev–Trinajstić information content (AvgIpc) is 2.00. The lowest BCUT2D eigenvalue weighted by Crippen LogP contribution is -2.18. The standard InChI is InChI=1S/C6H14O5S/c1-3-6(2)11-12(8,9)10-5-4-7/h6-7H,3-5H2,1-2H3. The van der Waals surface area contributed by atoms with E-state index in [0.717, 1.165) is 0 Å². The van der Waals surface area contributed by atoms with E-state index >= 15 is 0 Å². The summed E-state index contributed by atoms with van der Waals surface area (Å²) in [7, 11) is -3.92. The maximum atomic E-state index is 10.8. The molecule has 1 atom stereocenters. The van der Waals surface area contributed by atoms with Crippen molar-refractivity contribution in [1.82, 2.24) is 0 Å². The van der Waals surface area contributed by atoms with E-state index in [-0.39, 0.29) is 13.2 Å². The molecule has 6 heteroatoms. The molecule has 0 aromatic carbocycles. The van der Waals surface area contributed by atoms with E-state index in [1.165, 1.54) is 0 Å². The Bertz CT molecular complexity index is 198. The molecule has 0 bridgehead atoms. The third kappa shape index (κ3) is 5.48. The zero-order valence-corrected chi connectivity index (χ0v) is 8.00. The summed E-state index contributed by atoms with van der Waals surface area (Å²) in [6.07, 6.45) is 0.190. The van der Waals surface area contributed by atoms with Gasteiger partial charge < -0.3 is 5.11 Å². The molecule has 0 saturated carbocycles. The SMILES string of the molecule is CCC(C)OS(=O)(=O)OCCO. The Kier molecular flexibility index (Phi) is 5.39. The summed E-state index contributed by atoms with van der Waals surface area (Å²) in [4.78, 5) is 0. The van der Waals surface area contributed by atoms with Crippen molar-refractivity contribution in [3.05, 3.63) is 0 Å². The second-order valence-corrected chi connectivity index (χ2v) is 3.51. The molecule has 0 aliphatic carbocycles. The Hall–Kier alpha value is -0.170. The van der Waals surface area contributed by atoms with Gasteiger partial charge in [-0.05, 0) is 13.3 Å². The topological polar surface area (TPSA) is 72.8 Å². The van der Waals surface area contributed by atoms with Gasteiger partial charge in [0.25, 0.3) is 0 Å². The molecule has 12 heavy (non-hydrogen) atoms. The van der Waals surface area contributed by atoms with Crippen molar-refractivity contribution >= 4 is 10.4 Å². The van der Waals surface area contributed by atoms with E-state index in [0.29, 0.717) is 6.42 Å². The molecule has 0 aromatic heterocycles. The molecule has 1 N–H and O–H groups in total. The highest BCUT2D eigenvalue weighted by Gasteiger charge is 2.14. The quantitative estimate of drug-likeness (QED) is 0.653. The zero-order valence-electron chi connectivity index (χ0n) is 7.19. The molecular formula is C6H14O5S. The van der Waals surface area contributed by atoms with Crippen LogP contribution in [0, 0.1) is 0 Å². The van der Waals surface area contributed by atoms with Gasteiger partial charge in [0.2, 0.25) is 0 Å². The summed E-state index contributed by atoms with van der Waals surface area (Å²) in [6.45, 7) is 2.81. The minimum Gasteiger partial charge on any atom is -0.394 e. The molecule has 0 aromatic rings. The number of aliphatic hydroxyl groups excluding tert-OH is 1. The van der Waals surface area contributed by atoms with Gasteiger partial charge in [0.15, 0.2) is 0 Å². The van der Waals surface area contributed by atoms with E-state index < -0.39 is 16.5 Å². The second-order valence-electron chi connectivity index (χ2n) is 2.27. The summed E-state index contributed by atoms with van der Waals surface area (Å²) >= 11 is 0. The van der Waals surface area contributed by atoms with Gasteiger partial charge in [-0.2, -0.15) is 8.42 Å². The maximum Gasteiger partial charge on any atom is 0.400 e. The van der Waals surface area contributed by atoms with Crippen LogP contribution in [0.15, 0.2) is 0 Å². The molecule has 1 unspecified atom stereocenters. The molecule has 0 aliphatic rings. The van der Waals surface area contributed by atoms with Gasteiger partial charge in [-0.25, -0.2) is 8.37 Å². The maximum absolute atomic E-state index is 10.8. The summed E-state index contributed by atoms with van der Waals surface area (Å²) < 4.78 is 30.4. The zero-order chi connectivity index (χ0) is 9.61. The normalized spacial score (nSPS) is 14.6. The van der Waals surface area contributed by atoms with Crippen LogP contribution < -0.4 is 0 Å². The van der Waals surface area contributed by atoms with Crippen LogP contribution in [-0.2, 0) is 18.8 Å². The number of hydrogen-bond donors (Lipinski definition) is 1. The molecular weight excluding hydrogens is 184 g/mol. The van der Waals surface area contributed by atoms with Crippen LogP contribution in [0.25, 0.3) is 0 Å². The predicted molar refractivity (Wildman–Crippen MR) is 42.8 cm³/mol. The Labute approximate surface area is 72.6 Å². The smallest absolute Gasteiger partial charge is 0.394 e. The predicted octanol–water partition coefficient (Wildman–Crippen LogP) is 0.0552. The van der Waals surface area contributed by atoms with Gasteiger partial charge in [0, 0.05) is 0 Å². The lowest BCUT2D eigenvalue weighted by molar-refractivity contribution is 0.142. The largest absolute Gasteiger partial charge is 0.400 e. The molecule has 0 heterocycles. The minimum atomic E-state index is -3.92. The van der Waals surface area contributed by atoms with Crippen LogP contribution in [0.3, 0.4) is 0 Å². The highest BCUT2D eigenvalue weighted by atomic mass is 32.3. The van der Waals surface area contributed by atoms with Crippen molar-refractivity contribution < 1.29 is 21.9 Å². The Balaban J connectivity index is 3.88. The molecule has 0 radical (unpaired) electrons. The lowest BCUT2D eigenvalue weighted by atomic mass is 10.3. The van der Waals surface area contributed by atoms with Gasteiger partial charge in [-0.1, -0.05) is 6.92 Å². The number of hydrogen-bond acceptors (Lipinski definition) is 5. The second kappa shape index (κ2) is 5.47. The summed E-state index contributed by atoms with van der Waals surface area (Å²) in [5, 5.41) is 8.28. The average molecular weight is 198 g/mol. The third-order valence-electron chi connectivity index (χ3n) is 1.18. The summed E-state index contributed by atoms with van der Waals surface area (Å²) in [5.41, 5.74) is 0. The molecule has 0 fully saturated rings. The van der Waals surface area contributed by atoms with Crippen LogP contribution in [0.5, 0.6) is 0 Å². The number of rotatable bonds is 6. The summed E-state index contributed by atoms with van der Waals surface area (Å²) in [5.74, 6) is 0. The van der Waals surface area contributed by atoms with E-state index in [2.05, 4.69) is 8.37 Å². The fourth-order valence-corrected chi connectivity index (χ4v) is 1.31. The molecule has 0 aliphatic heterocycles. The summed E-state index contributed by atoms with van der Waals surface area (Å²) in [6, 6.07) is 0. The van der Waals surface area contributed by atoms with E-state index in [9.17, 15) is 8.42 Å². The highest BCUT2D eigenvalue weighted by Crippen LogP contribution is 2.04. The van der Waals surface area contributed by atoms with Crippen molar-refractivity contribution in [3.63, 3.8) is 0 Å². The first kappa shape index (κ1) is 11.8. The third-order valence-corrected chi connectivity index (χ3v) is 2.20. The molecule has 74 valence electrons. The fourth-order valence-electron chi connectivity index (χ4n) is 0.436. The van der Waals surface area contributed by atoms with Crippen LogP contribution >= 0.6 is 0 Å². The monoisotopic (exact) mass is 198 g/mol. The van der Waals surface area contributed by atoms with E-state index in [1.807, 2.05) is 0 Å². The highest BCUT2D eigenvalue weighted by molar-refractivity contribution is 7.81. The van der Waals surface area contributed by atoms with Crippen LogP contribution in [0.1, 0.15) is 20.3 Å². The van der Waals surface area contributed by atoms with Gasteiger partial charge in [-0.3, -0.25) is 0 Å².